The second kappa shape index (κ2) is 7.16. The van der Waals surface area contributed by atoms with Gasteiger partial charge in [0.1, 0.15) is 18.1 Å². The van der Waals surface area contributed by atoms with Crippen molar-refractivity contribution in [1.82, 2.24) is 5.32 Å². The first-order valence-electron chi connectivity index (χ1n) is 7.58. The maximum atomic E-state index is 11.8. The Morgan fingerprint density at radius 2 is 1.77 bits per heavy atom. The zero-order valence-corrected chi connectivity index (χ0v) is 13.6. The molecule has 0 aliphatic rings. The van der Waals surface area contributed by atoms with E-state index in [1.165, 1.54) is 5.56 Å². The molecule has 2 rings (SSSR count). The van der Waals surface area contributed by atoms with Gasteiger partial charge < -0.3 is 14.5 Å². The Bertz CT molecular complexity index is 612. The summed E-state index contributed by atoms with van der Waals surface area (Å²) in [6.07, 6.45) is 0. The van der Waals surface area contributed by atoms with Crippen LogP contribution in [0.15, 0.2) is 40.8 Å². The van der Waals surface area contributed by atoms with Gasteiger partial charge in [0.2, 0.25) is 0 Å². The Kier molecular flexibility index (Phi) is 5.26. The summed E-state index contributed by atoms with van der Waals surface area (Å²) >= 11 is 0. The summed E-state index contributed by atoms with van der Waals surface area (Å²) in [7, 11) is 0. The van der Waals surface area contributed by atoms with Crippen LogP contribution < -0.4 is 10.1 Å². The molecular weight excluding hydrogens is 278 g/mol. The number of carbonyl (C=O) groups is 1. The molecule has 1 aromatic heterocycles. The SMILES string of the molecule is CC(C)NC(=O)c1ccc(COc2ccc(C(C)C)cc2)o1. The maximum absolute atomic E-state index is 11.8. The number of furan rings is 1. The van der Waals surface area contributed by atoms with Gasteiger partial charge >= 0.3 is 0 Å². The van der Waals surface area contributed by atoms with Crippen molar-refractivity contribution in [2.45, 2.75) is 46.3 Å². The van der Waals surface area contributed by atoms with E-state index in [2.05, 4.69) is 31.3 Å². The Morgan fingerprint density at radius 1 is 1.09 bits per heavy atom. The van der Waals surface area contributed by atoms with Gasteiger partial charge in [0.15, 0.2) is 5.76 Å². The molecule has 0 saturated heterocycles. The highest BCUT2D eigenvalue weighted by molar-refractivity contribution is 5.91. The van der Waals surface area contributed by atoms with Gasteiger partial charge in [-0.25, -0.2) is 0 Å². The molecule has 1 aromatic carbocycles. The van der Waals surface area contributed by atoms with Crippen molar-refractivity contribution in [3.8, 4) is 5.75 Å². The lowest BCUT2D eigenvalue weighted by Gasteiger charge is -2.08. The predicted molar refractivity (Wildman–Crippen MR) is 86.2 cm³/mol. The second-order valence-electron chi connectivity index (χ2n) is 5.91. The number of amides is 1. The molecule has 4 heteroatoms. The Morgan fingerprint density at radius 3 is 2.36 bits per heavy atom. The third-order valence-electron chi connectivity index (χ3n) is 3.23. The molecule has 0 bridgehead atoms. The van der Waals surface area contributed by atoms with Gasteiger partial charge in [0, 0.05) is 6.04 Å². The Balaban J connectivity index is 1.92. The standard InChI is InChI=1S/C18H23NO3/c1-12(2)14-5-7-15(8-6-14)21-11-16-9-10-17(22-16)18(20)19-13(3)4/h5-10,12-13H,11H2,1-4H3,(H,19,20). The van der Waals surface area contributed by atoms with Crippen molar-refractivity contribution >= 4 is 5.91 Å². The van der Waals surface area contributed by atoms with Crippen LogP contribution in [0.2, 0.25) is 0 Å². The van der Waals surface area contributed by atoms with Crippen molar-refractivity contribution in [3.05, 3.63) is 53.5 Å². The molecule has 2 aromatic rings. The zero-order valence-electron chi connectivity index (χ0n) is 13.6. The molecule has 118 valence electrons. The highest BCUT2D eigenvalue weighted by atomic mass is 16.5. The summed E-state index contributed by atoms with van der Waals surface area (Å²) in [5, 5.41) is 2.79. The summed E-state index contributed by atoms with van der Waals surface area (Å²) in [5.74, 6) is 2.02. The smallest absolute Gasteiger partial charge is 0.287 e. The Labute approximate surface area is 131 Å². The van der Waals surface area contributed by atoms with Crippen molar-refractivity contribution in [1.29, 1.82) is 0 Å². The van der Waals surface area contributed by atoms with Crippen LogP contribution in [0.5, 0.6) is 5.75 Å². The normalized spacial score (nSPS) is 11.0. The lowest BCUT2D eigenvalue weighted by Crippen LogP contribution is -2.29. The minimum absolute atomic E-state index is 0.0803. The quantitative estimate of drug-likeness (QED) is 0.873. The first-order valence-corrected chi connectivity index (χ1v) is 7.58. The number of carbonyl (C=O) groups excluding carboxylic acids is 1. The lowest BCUT2D eigenvalue weighted by molar-refractivity contribution is 0.0911. The summed E-state index contributed by atoms with van der Waals surface area (Å²) in [4.78, 5) is 11.8. The molecule has 0 unspecified atom stereocenters. The van der Waals surface area contributed by atoms with Crippen LogP contribution in [0.4, 0.5) is 0 Å². The fraction of sp³-hybridized carbons (Fsp3) is 0.389. The number of benzene rings is 1. The van der Waals surface area contributed by atoms with Crippen LogP contribution in [0.3, 0.4) is 0 Å². The minimum atomic E-state index is -0.206. The monoisotopic (exact) mass is 301 g/mol. The lowest BCUT2D eigenvalue weighted by atomic mass is 10.0. The van der Waals surface area contributed by atoms with E-state index in [-0.39, 0.29) is 11.9 Å². The molecule has 0 radical (unpaired) electrons. The fourth-order valence-electron chi connectivity index (χ4n) is 2.01. The van der Waals surface area contributed by atoms with Crippen molar-refractivity contribution < 1.29 is 13.9 Å². The van der Waals surface area contributed by atoms with E-state index in [1.54, 1.807) is 12.1 Å². The molecule has 0 aliphatic carbocycles. The molecule has 1 amide bonds. The van der Waals surface area contributed by atoms with Crippen LogP contribution in [0, 0.1) is 0 Å². The molecule has 0 fully saturated rings. The van der Waals surface area contributed by atoms with Crippen LogP contribution in [0.1, 0.15) is 55.5 Å². The van der Waals surface area contributed by atoms with Gasteiger partial charge in [-0.05, 0) is 49.6 Å². The van der Waals surface area contributed by atoms with E-state index in [9.17, 15) is 4.79 Å². The summed E-state index contributed by atoms with van der Waals surface area (Å²) < 4.78 is 11.2. The molecule has 4 nitrogen and oxygen atoms in total. The van der Waals surface area contributed by atoms with E-state index >= 15 is 0 Å². The van der Waals surface area contributed by atoms with Gasteiger partial charge in [-0.2, -0.15) is 0 Å². The van der Waals surface area contributed by atoms with E-state index in [1.807, 2.05) is 26.0 Å². The molecule has 22 heavy (non-hydrogen) atoms. The van der Waals surface area contributed by atoms with Gasteiger partial charge in [0.05, 0.1) is 0 Å². The molecule has 1 N–H and O–H groups in total. The van der Waals surface area contributed by atoms with Crippen LogP contribution >= 0.6 is 0 Å². The summed E-state index contributed by atoms with van der Waals surface area (Å²) in [6, 6.07) is 11.5. The first-order chi connectivity index (χ1) is 10.5. The van der Waals surface area contributed by atoms with E-state index in [0.717, 1.165) is 5.75 Å². The molecule has 1 heterocycles. The topological polar surface area (TPSA) is 51.5 Å². The molecule has 0 spiro atoms. The molecule has 0 saturated carbocycles. The first kappa shape index (κ1) is 16.1. The van der Waals surface area contributed by atoms with Gasteiger partial charge in [-0.15, -0.1) is 0 Å². The van der Waals surface area contributed by atoms with Gasteiger partial charge in [-0.3, -0.25) is 4.79 Å². The number of rotatable bonds is 6. The van der Waals surface area contributed by atoms with E-state index < -0.39 is 0 Å². The number of hydrogen-bond acceptors (Lipinski definition) is 3. The second-order valence-corrected chi connectivity index (χ2v) is 5.91. The van der Waals surface area contributed by atoms with E-state index in [4.69, 9.17) is 9.15 Å². The van der Waals surface area contributed by atoms with E-state index in [0.29, 0.717) is 24.0 Å². The Hall–Kier alpha value is -2.23. The van der Waals surface area contributed by atoms with Crippen LogP contribution in [-0.4, -0.2) is 11.9 Å². The van der Waals surface area contributed by atoms with Crippen molar-refractivity contribution in [3.63, 3.8) is 0 Å². The number of ether oxygens (including phenoxy) is 1. The highest BCUT2D eigenvalue weighted by Crippen LogP contribution is 2.19. The maximum Gasteiger partial charge on any atom is 0.287 e. The average Bonchev–Trinajstić information content (AvgIpc) is 2.94. The highest BCUT2D eigenvalue weighted by Gasteiger charge is 2.12. The van der Waals surface area contributed by atoms with Gasteiger partial charge in [0.25, 0.3) is 5.91 Å². The van der Waals surface area contributed by atoms with Crippen molar-refractivity contribution in [2.24, 2.45) is 0 Å². The minimum Gasteiger partial charge on any atom is -0.486 e. The number of nitrogens with one attached hydrogen (secondary N) is 1. The average molecular weight is 301 g/mol. The fourth-order valence-corrected chi connectivity index (χ4v) is 2.01. The molecular formula is C18H23NO3. The third kappa shape index (κ3) is 4.38. The van der Waals surface area contributed by atoms with Gasteiger partial charge in [-0.1, -0.05) is 26.0 Å². The largest absolute Gasteiger partial charge is 0.486 e. The third-order valence-corrected chi connectivity index (χ3v) is 3.23. The van der Waals surface area contributed by atoms with Crippen LogP contribution in [-0.2, 0) is 6.61 Å². The molecule has 0 atom stereocenters. The molecule has 0 aliphatic heterocycles. The van der Waals surface area contributed by atoms with Crippen LogP contribution in [0.25, 0.3) is 0 Å². The summed E-state index contributed by atoms with van der Waals surface area (Å²) in [5.41, 5.74) is 1.28. The summed E-state index contributed by atoms with van der Waals surface area (Å²) in [6.45, 7) is 8.43. The zero-order chi connectivity index (χ0) is 16.1. The van der Waals surface area contributed by atoms with Crippen molar-refractivity contribution in [2.75, 3.05) is 0 Å². The number of hydrogen-bond donors (Lipinski definition) is 1. The predicted octanol–water partition coefficient (Wildman–Crippen LogP) is 4.12.